The first-order valence-electron chi connectivity index (χ1n) is 11.5. The van der Waals surface area contributed by atoms with E-state index < -0.39 is 12.4 Å². The van der Waals surface area contributed by atoms with Crippen LogP contribution in [0.2, 0.25) is 0 Å². The molecule has 1 aromatic heterocycles. The first-order chi connectivity index (χ1) is 17.6. The van der Waals surface area contributed by atoms with Gasteiger partial charge >= 0.3 is 6.09 Å². The Balaban J connectivity index is 1.45. The lowest BCUT2D eigenvalue weighted by molar-refractivity contribution is -0.245. The molecule has 3 atom stereocenters. The van der Waals surface area contributed by atoms with E-state index in [0.29, 0.717) is 23.9 Å². The van der Waals surface area contributed by atoms with Crippen LogP contribution in [-0.4, -0.2) is 49.9 Å². The fraction of sp³-hybridized carbons (Fsp3) is 0.360. The summed E-state index contributed by atoms with van der Waals surface area (Å²) in [5.74, 6) is 0.661. The van der Waals surface area contributed by atoms with Crippen LogP contribution in [0, 0.1) is 0 Å². The molecule has 0 bridgehead atoms. The number of aromatic nitrogens is 4. The molecule has 1 aliphatic heterocycles. The normalized spacial score (nSPS) is 19.6. The van der Waals surface area contributed by atoms with Crippen molar-refractivity contribution in [3.63, 3.8) is 0 Å². The number of nitrogens with one attached hydrogen (secondary N) is 1. The van der Waals surface area contributed by atoms with E-state index in [1.54, 1.807) is 11.7 Å². The van der Waals surface area contributed by atoms with E-state index in [4.69, 9.17) is 14.2 Å². The highest BCUT2D eigenvalue weighted by Gasteiger charge is 2.32. The Kier molecular flexibility index (Phi) is 9.06. The molecule has 0 spiro atoms. The lowest BCUT2D eigenvalue weighted by Crippen LogP contribution is -2.31. The number of ether oxygens (including phenoxy) is 3. The fourth-order valence-electron chi connectivity index (χ4n) is 3.69. The Hall–Kier alpha value is -3.25. The number of alkyl carbamates (subject to hydrolysis) is 1. The number of tetrazole rings is 1. The van der Waals surface area contributed by atoms with Crippen LogP contribution in [0.1, 0.15) is 41.1 Å². The van der Waals surface area contributed by atoms with Crippen LogP contribution < -0.4 is 5.32 Å². The first kappa shape index (κ1) is 25.8. The minimum absolute atomic E-state index is 0.00424. The molecule has 11 heteroatoms. The Bertz CT molecular complexity index is 1140. The van der Waals surface area contributed by atoms with Gasteiger partial charge < -0.3 is 24.6 Å². The second-order valence-corrected chi connectivity index (χ2v) is 9.22. The summed E-state index contributed by atoms with van der Waals surface area (Å²) in [4.78, 5) is 11.7. The number of carbonyl (C=O) groups is 1. The van der Waals surface area contributed by atoms with Crippen molar-refractivity contribution in [2.24, 2.45) is 7.05 Å². The average Bonchev–Trinajstić information content (AvgIpc) is 3.34. The van der Waals surface area contributed by atoms with Crippen molar-refractivity contribution < 1.29 is 24.1 Å². The van der Waals surface area contributed by atoms with Gasteiger partial charge in [0.2, 0.25) is 5.16 Å². The molecule has 10 nitrogen and oxygen atoms in total. The molecule has 3 aromatic rings. The SMILES string of the molecule is C=CCOC(=O)NCc1ccc(C2OC(CSc3nnnn3C)CC(c3ccc(CO)cc3)O2)cc1. The van der Waals surface area contributed by atoms with Crippen molar-refractivity contribution in [2.75, 3.05) is 12.4 Å². The van der Waals surface area contributed by atoms with Gasteiger partial charge in [0.25, 0.3) is 0 Å². The van der Waals surface area contributed by atoms with Gasteiger partial charge in [0, 0.05) is 31.3 Å². The number of rotatable bonds is 10. The summed E-state index contributed by atoms with van der Waals surface area (Å²) in [5.41, 5.74) is 3.67. The van der Waals surface area contributed by atoms with Crippen LogP contribution in [0.4, 0.5) is 4.79 Å². The van der Waals surface area contributed by atoms with E-state index in [1.807, 2.05) is 48.5 Å². The molecule has 1 saturated heterocycles. The predicted octanol–water partition coefficient (Wildman–Crippen LogP) is 3.45. The van der Waals surface area contributed by atoms with Crippen LogP contribution >= 0.6 is 11.8 Å². The Morgan fingerprint density at radius 3 is 2.58 bits per heavy atom. The molecule has 1 fully saturated rings. The average molecular weight is 512 g/mol. The third-order valence-electron chi connectivity index (χ3n) is 5.62. The molecule has 0 aliphatic carbocycles. The molecule has 190 valence electrons. The zero-order valence-electron chi connectivity index (χ0n) is 19.9. The maximum atomic E-state index is 11.7. The zero-order chi connectivity index (χ0) is 25.3. The van der Waals surface area contributed by atoms with Crippen molar-refractivity contribution in [1.29, 1.82) is 0 Å². The molecule has 0 saturated carbocycles. The fourth-order valence-corrected chi connectivity index (χ4v) is 4.55. The smallest absolute Gasteiger partial charge is 0.407 e. The van der Waals surface area contributed by atoms with Gasteiger partial charge in [-0.1, -0.05) is 72.9 Å². The number of aliphatic hydroxyl groups is 1. The van der Waals surface area contributed by atoms with Crippen LogP contribution in [-0.2, 0) is 34.4 Å². The maximum Gasteiger partial charge on any atom is 0.407 e. The van der Waals surface area contributed by atoms with E-state index in [9.17, 15) is 9.90 Å². The number of benzene rings is 2. The zero-order valence-corrected chi connectivity index (χ0v) is 20.8. The quantitative estimate of drug-likeness (QED) is 0.311. The largest absolute Gasteiger partial charge is 0.445 e. The van der Waals surface area contributed by atoms with Crippen LogP contribution in [0.15, 0.2) is 66.3 Å². The molecular formula is C25H29N5O5S. The number of hydrogen-bond donors (Lipinski definition) is 2. The highest BCUT2D eigenvalue weighted by Crippen LogP contribution is 2.39. The monoisotopic (exact) mass is 511 g/mol. The molecule has 1 aliphatic rings. The summed E-state index contributed by atoms with van der Waals surface area (Å²) in [6.45, 7) is 4.02. The number of nitrogens with zero attached hydrogens (tertiary/aromatic N) is 4. The van der Waals surface area contributed by atoms with E-state index in [1.165, 1.54) is 17.8 Å². The van der Waals surface area contributed by atoms with Crippen LogP contribution in [0.25, 0.3) is 0 Å². The van der Waals surface area contributed by atoms with Crippen molar-refractivity contribution in [3.8, 4) is 0 Å². The van der Waals surface area contributed by atoms with E-state index >= 15 is 0 Å². The molecule has 0 radical (unpaired) electrons. The number of aliphatic hydroxyl groups excluding tert-OH is 1. The van der Waals surface area contributed by atoms with Gasteiger partial charge in [0.15, 0.2) is 6.29 Å². The summed E-state index contributed by atoms with van der Waals surface area (Å²) in [5, 5.41) is 24.4. The minimum atomic E-state index is -0.566. The summed E-state index contributed by atoms with van der Waals surface area (Å²) in [6.07, 6.45) is 0.843. The number of amides is 1. The maximum absolute atomic E-state index is 11.7. The molecule has 2 heterocycles. The Morgan fingerprint density at radius 2 is 1.92 bits per heavy atom. The highest BCUT2D eigenvalue weighted by atomic mass is 32.2. The highest BCUT2D eigenvalue weighted by molar-refractivity contribution is 7.99. The second-order valence-electron chi connectivity index (χ2n) is 8.23. The summed E-state index contributed by atoms with van der Waals surface area (Å²) < 4.78 is 19.3. The van der Waals surface area contributed by atoms with E-state index in [2.05, 4.69) is 27.4 Å². The topological polar surface area (TPSA) is 121 Å². The molecule has 36 heavy (non-hydrogen) atoms. The van der Waals surface area contributed by atoms with Gasteiger partial charge in [0.1, 0.15) is 6.61 Å². The summed E-state index contributed by atoms with van der Waals surface area (Å²) in [7, 11) is 1.80. The second kappa shape index (κ2) is 12.6. The lowest BCUT2D eigenvalue weighted by atomic mass is 10.0. The van der Waals surface area contributed by atoms with Crippen molar-refractivity contribution >= 4 is 17.9 Å². The molecule has 3 unspecified atom stereocenters. The first-order valence-corrected chi connectivity index (χ1v) is 12.5. The van der Waals surface area contributed by atoms with Gasteiger partial charge in [0.05, 0.1) is 18.8 Å². The number of hydrogen-bond acceptors (Lipinski definition) is 9. The van der Waals surface area contributed by atoms with Crippen molar-refractivity contribution in [2.45, 2.75) is 43.2 Å². The minimum Gasteiger partial charge on any atom is -0.445 e. The molecule has 1 amide bonds. The summed E-state index contributed by atoms with van der Waals surface area (Å²) >= 11 is 1.53. The Labute approximate surface area is 213 Å². The van der Waals surface area contributed by atoms with Gasteiger partial charge in [-0.05, 0) is 27.1 Å². The van der Waals surface area contributed by atoms with Crippen molar-refractivity contribution in [3.05, 3.63) is 83.4 Å². The molecule has 2 aromatic carbocycles. The molecular weight excluding hydrogens is 482 g/mol. The standard InChI is InChI=1S/C25H29N5O5S/c1-3-12-33-25(32)26-14-17-4-10-20(11-5-17)23-34-21(16-36-24-27-28-29-30(24)2)13-22(35-23)19-8-6-18(15-31)7-9-19/h3-11,21-23,31H,1,12-16H2,2H3,(H,26,32). The summed E-state index contributed by atoms with van der Waals surface area (Å²) in [6, 6.07) is 15.5. The van der Waals surface area contributed by atoms with Crippen molar-refractivity contribution in [1.82, 2.24) is 25.5 Å². The van der Waals surface area contributed by atoms with Gasteiger partial charge in [-0.25, -0.2) is 9.48 Å². The number of carbonyl (C=O) groups excluding carboxylic acids is 1. The Morgan fingerprint density at radius 1 is 1.19 bits per heavy atom. The lowest BCUT2D eigenvalue weighted by Gasteiger charge is -2.36. The third-order valence-corrected chi connectivity index (χ3v) is 6.76. The van der Waals surface area contributed by atoms with Gasteiger partial charge in [-0.3, -0.25) is 0 Å². The van der Waals surface area contributed by atoms with Crippen LogP contribution in [0.5, 0.6) is 0 Å². The third kappa shape index (κ3) is 6.91. The molecule has 4 rings (SSSR count). The predicted molar refractivity (Wildman–Crippen MR) is 133 cm³/mol. The van der Waals surface area contributed by atoms with E-state index in [-0.39, 0.29) is 25.4 Å². The number of aryl methyl sites for hydroxylation is 1. The van der Waals surface area contributed by atoms with Gasteiger partial charge in [-0.2, -0.15) is 0 Å². The van der Waals surface area contributed by atoms with E-state index in [0.717, 1.165) is 22.3 Å². The number of thioether (sulfide) groups is 1. The molecule has 2 N–H and O–H groups in total. The van der Waals surface area contributed by atoms with Crippen LogP contribution in [0.3, 0.4) is 0 Å². The van der Waals surface area contributed by atoms with Gasteiger partial charge in [-0.15, -0.1) is 5.10 Å².